The van der Waals surface area contributed by atoms with Crippen molar-refractivity contribution in [3.63, 3.8) is 0 Å². The Balaban J connectivity index is 1.46. The van der Waals surface area contributed by atoms with E-state index in [1.807, 2.05) is 30.6 Å². The van der Waals surface area contributed by atoms with Crippen molar-refractivity contribution in [3.8, 4) is 0 Å². The van der Waals surface area contributed by atoms with Gasteiger partial charge in [-0.05, 0) is 51.8 Å². The third-order valence-corrected chi connectivity index (χ3v) is 6.52. The number of fused-ring (bicyclic) bond motifs is 3. The number of piperidine rings is 1. The van der Waals surface area contributed by atoms with Crippen molar-refractivity contribution in [3.05, 3.63) is 40.9 Å². The fraction of sp³-hybridized carbons (Fsp3) is 0.455. The SMILES string of the molecule is C[C@H]1CC[C@@H](c2nc3c4ccc(Br)cc4nc(N)n3n2)CN1c1cnn(CC(C)(C)O)c1. The van der Waals surface area contributed by atoms with Crippen molar-refractivity contribution < 1.29 is 5.11 Å². The lowest BCUT2D eigenvalue weighted by Gasteiger charge is -2.37. The first kappa shape index (κ1) is 21.1. The van der Waals surface area contributed by atoms with Gasteiger partial charge in [-0.25, -0.2) is 9.97 Å². The standard InChI is InChI=1S/C22H27BrN8O/c1-13-4-5-14(10-30(13)16-9-25-29(11-16)12-22(2,3)32)19-27-20-17-7-6-15(23)8-18(17)26-21(24)31(20)28-19/h6-9,11,13-14,32H,4-5,10,12H2,1-3H3,(H2,24,26)/t13-,14+/m0/s1. The van der Waals surface area contributed by atoms with Crippen LogP contribution in [0.25, 0.3) is 16.6 Å². The topological polar surface area (TPSA) is 110 Å². The van der Waals surface area contributed by atoms with E-state index in [0.717, 1.165) is 51.9 Å². The summed E-state index contributed by atoms with van der Waals surface area (Å²) >= 11 is 3.49. The van der Waals surface area contributed by atoms with Crippen molar-refractivity contribution in [2.45, 2.75) is 57.7 Å². The van der Waals surface area contributed by atoms with Gasteiger partial charge in [-0.1, -0.05) is 15.9 Å². The summed E-state index contributed by atoms with van der Waals surface area (Å²) in [6, 6.07) is 6.29. The molecule has 0 aliphatic carbocycles. The number of rotatable bonds is 4. The van der Waals surface area contributed by atoms with Gasteiger partial charge in [0.2, 0.25) is 5.95 Å². The van der Waals surface area contributed by atoms with E-state index in [2.05, 4.69) is 37.8 Å². The quantitative estimate of drug-likeness (QED) is 0.443. The van der Waals surface area contributed by atoms with Gasteiger partial charge in [0.05, 0.1) is 29.5 Å². The zero-order valence-electron chi connectivity index (χ0n) is 18.4. The van der Waals surface area contributed by atoms with Crippen LogP contribution >= 0.6 is 15.9 Å². The van der Waals surface area contributed by atoms with Gasteiger partial charge in [0.15, 0.2) is 11.5 Å². The molecule has 2 atom stereocenters. The number of nitrogens with two attached hydrogens (primary N) is 1. The average Bonchev–Trinajstić information content (AvgIpc) is 3.35. The van der Waals surface area contributed by atoms with E-state index in [-0.39, 0.29) is 5.92 Å². The molecule has 9 nitrogen and oxygen atoms in total. The van der Waals surface area contributed by atoms with E-state index < -0.39 is 5.60 Å². The van der Waals surface area contributed by atoms with E-state index >= 15 is 0 Å². The summed E-state index contributed by atoms with van der Waals surface area (Å²) in [5, 5.41) is 20.2. The molecule has 1 aliphatic rings. The molecule has 168 valence electrons. The Morgan fingerprint density at radius 2 is 2.06 bits per heavy atom. The number of anilines is 2. The molecule has 3 N–H and O–H groups in total. The van der Waals surface area contributed by atoms with E-state index in [1.54, 1.807) is 23.0 Å². The van der Waals surface area contributed by atoms with Crippen molar-refractivity contribution >= 4 is 44.1 Å². The highest BCUT2D eigenvalue weighted by molar-refractivity contribution is 9.10. The Morgan fingerprint density at radius 1 is 1.25 bits per heavy atom. The van der Waals surface area contributed by atoms with Gasteiger partial charge in [-0.15, -0.1) is 5.10 Å². The van der Waals surface area contributed by atoms with Crippen LogP contribution in [0.15, 0.2) is 35.1 Å². The predicted molar refractivity (Wildman–Crippen MR) is 128 cm³/mol. The van der Waals surface area contributed by atoms with Crippen LogP contribution in [0.5, 0.6) is 0 Å². The lowest BCUT2D eigenvalue weighted by molar-refractivity contribution is 0.0577. The van der Waals surface area contributed by atoms with Crippen LogP contribution in [0.1, 0.15) is 45.4 Å². The minimum Gasteiger partial charge on any atom is -0.389 e. The highest BCUT2D eigenvalue weighted by atomic mass is 79.9. The number of aromatic nitrogens is 6. The molecule has 5 rings (SSSR count). The maximum absolute atomic E-state index is 10.1. The van der Waals surface area contributed by atoms with E-state index in [9.17, 15) is 5.11 Å². The molecule has 1 fully saturated rings. The molecule has 0 bridgehead atoms. The van der Waals surface area contributed by atoms with Gasteiger partial charge < -0.3 is 15.7 Å². The Kier molecular flexibility index (Phi) is 5.09. The van der Waals surface area contributed by atoms with Gasteiger partial charge in [0, 0.05) is 34.6 Å². The van der Waals surface area contributed by atoms with Crippen LogP contribution in [-0.2, 0) is 6.54 Å². The number of benzene rings is 1. The lowest BCUT2D eigenvalue weighted by atomic mass is 9.92. The molecule has 0 saturated carbocycles. The van der Waals surface area contributed by atoms with Gasteiger partial charge in [0.1, 0.15) is 0 Å². The zero-order valence-corrected chi connectivity index (χ0v) is 20.0. The molecule has 4 aromatic rings. The second kappa shape index (κ2) is 7.70. The number of nitrogens with zero attached hydrogens (tertiary/aromatic N) is 7. The second-order valence-electron chi connectivity index (χ2n) is 9.32. The summed E-state index contributed by atoms with van der Waals surface area (Å²) < 4.78 is 4.39. The van der Waals surface area contributed by atoms with Gasteiger partial charge in [0.25, 0.3) is 0 Å². The van der Waals surface area contributed by atoms with Crippen LogP contribution in [0.2, 0.25) is 0 Å². The third kappa shape index (κ3) is 3.93. The number of aliphatic hydroxyl groups is 1. The summed E-state index contributed by atoms with van der Waals surface area (Å²) in [6.45, 7) is 7.04. The summed E-state index contributed by atoms with van der Waals surface area (Å²) in [7, 11) is 0. The van der Waals surface area contributed by atoms with Crippen LogP contribution in [0.4, 0.5) is 11.6 Å². The minimum atomic E-state index is -0.813. The second-order valence-corrected chi connectivity index (χ2v) is 10.2. The summed E-state index contributed by atoms with van der Waals surface area (Å²) in [5.41, 5.74) is 7.96. The smallest absolute Gasteiger partial charge is 0.223 e. The monoisotopic (exact) mass is 498 g/mol. The Morgan fingerprint density at radius 3 is 2.84 bits per heavy atom. The van der Waals surface area contributed by atoms with Crippen molar-refractivity contribution in [2.75, 3.05) is 17.2 Å². The maximum atomic E-state index is 10.1. The zero-order chi connectivity index (χ0) is 22.6. The minimum absolute atomic E-state index is 0.175. The number of hydrogen-bond donors (Lipinski definition) is 2. The molecule has 1 aliphatic heterocycles. The highest BCUT2D eigenvalue weighted by Crippen LogP contribution is 2.33. The fourth-order valence-corrected chi connectivity index (χ4v) is 4.80. The first-order valence-electron chi connectivity index (χ1n) is 10.8. The van der Waals surface area contributed by atoms with Crippen molar-refractivity contribution in [2.24, 2.45) is 0 Å². The first-order chi connectivity index (χ1) is 15.2. The van der Waals surface area contributed by atoms with Crippen LogP contribution in [0.3, 0.4) is 0 Å². The van der Waals surface area contributed by atoms with Crippen LogP contribution < -0.4 is 10.6 Å². The summed E-state index contributed by atoms with van der Waals surface area (Å²) in [4.78, 5) is 11.7. The van der Waals surface area contributed by atoms with Crippen LogP contribution in [-0.4, -0.2) is 52.7 Å². The van der Waals surface area contributed by atoms with Crippen molar-refractivity contribution in [1.29, 1.82) is 0 Å². The van der Waals surface area contributed by atoms with Crippen LogP contribution in [0, 0.1) is 0 Å². The largest absolute Gasteiger partial charge is 0.389 e. The normalized spacial score (nSPS) is 19.8. The molecule has 0 unspecified atom stereocenters. The molecular formula is C22H27BrN8O. The Hall–Kier alpha value is -2.72. The Labute approximate surface area is 194 Å². The molecule has 0 spiro atoms. The molecule has 1 aromatic carbocycles. The molecule has 1 saturated heterocycles. The third-order valence-electron chi connectivity index (χ3n) is 6.02. The van der Waals surface area contributed by atoms with E-state index in [4.69, 9.17) is 15.8 Å². The van der Waals surface area contributed by atoms with E-state index in [0.29, 0.717) is 18.5 Å². The summed E-state index contributed by atoms with van der Waals surface area (Å²) in [5.74, 6) is 1.29. The van der Waals surface area contributed by atoms with Gasteiger partial charge in [-0.3, -0.25) is 4.68 Å². The lowest BCUT2D eigenvalue weighted by Crippen LogP contribution is -2.41. The number of halogens is 1. The maximum Gasteiger partial charge on any atom is 0.223 e. The number of hydrogen-bond acceptors (Lipinski definition) is 7. The molecule has 32 heavy (non-hydrogen) atoms. The average molecular weight is 499 g/mol. The number of nitrogen functional groups attached to an aromatic ring is 1. The molecule has 3 aromatic heterocycles. The summed E-state index contributed by atoms with van der Waals surface area (Å²) in [6.07, 6.45) is 5.90. The molecule has 4 heterocycles. The fourth-order valence-electron chi connectivity index (χ4n) is 4.45. The molecular weight excluding hydrogens is 472 g/mol. The first-order valence-corrected chi connectivity index (χ1v) is 11.6. The van der Waals surface area contributed by atoms with Crippen molar-refractivity contribution in [1.82, 2.24) is 29.4 Å². The molecule has 0 amide bonds. The molecule has 0 radical (unpaired) electrons. The van der Waals surface area contributed by atoms with E-state index in [1.165, 1.54) is 0 Å². The van der Waals surface area contributed by atoms with Gasteiger partial charge in [-0.2, -0.15) is 9.61 Å². The predicted octanol–water partition coefficient (Wildman–Crippen LogP) is 3.36. The molecule has 10 heteroatoms. The highest BCUT2D eigenvalue weighted by Gasteiger charge is 2.30. The Bertz CT molecular complexity index is 1290. The van der Waals surface area contributed by atoms with Gasteiger partial charge >= 0.3 is 0 Å².